The zero-order valence-electron chi connectivity index (χ0n) is 13.2. The van der Waals surface area contributed by atoms with Gasteiger partial charge >= 0.3 is 0 Å². The van der Waals surface area contributed by atoms with E-state index in [9.17, 15) is 0 Å². The Balaban J connectivity index is 2.05. The van der Waals surface area contributed by atoms with Crippen LogP contribution in [-0.2, 0) is 13.1 Å². The molecular formula is C17H25N3O. The number of benzene rings is 1. The van der Waals surface area contributed by atoms with Crippen molar-refractivity contribution in [2.45, 2.75) is 46.7 Å². The summed E-state index contributed by atoms with van der Waals surface area (Å²) in [4.78, 5) is 0. The second-order valence-corrected chi connectivity index (χ2v) is 5.32. The van der Waals surface area contributed by atoms with Crippen LogP contribution in [0.15, 0.2) is 30.6 Å². The van der Waals surface area contributed by atoms with Gasteiger partial charge in [-0.25, -0.2) is 0 Å². The molecule has 0 unspecified atom stereocenters. The average molecular weight is 287 g/mol. The van der Waals surface area contributed by atoms with Gasteiger partial charge in [-0.1, -0.05) is 26.0 Å². The smallest absolute Gasteiger partial charge is 0.165 e. The Morgan fingerprint density at radius 2 is 2.10 bits per heavy atom. The minimum absolute atomic E-state index is 0.796. The van der Waals surface area contributed by atoms with Crippen LogP contribution in [0.25, 0.3) is 0 Å². The molecule has 1 N–H and O–H groups in total. The predicted molar refractivity (Wildman–Crippen MR) is 85.8 cm³/mol. The van der Waals surface area contributed by atoms with Crippen molar-refractivity contribution in [3.63, 3.8) is 0 Å². The topological polar surface area (TPSA) is 39.1 Å². The van der Waals surface area contributed by atoms with Gasteiger partial charge in [0.05, 0.1) is 12.4 Å². The summed E-state index contributed by atoms with van der Waals surface area (Å²) < 4.78 is 7.89. The molecule has 4 nitrogen and oxygen atoms in total. The highest BCUT2D eigenvalue weighted by Crippen LogP contribution is 2.25. The van der Waals surface area contributed by atoms with Gasteiger partial charge in [0.15, 0.2) is 5.75 Å². The lowest BCUT2D eigenvalue weighted by Crippen LogP contribution is -2.13. The van der Waals surface area contributed by atoms with Crippen LogP contribution in [0.4, 0.5) is 0 Å². The molecule has 0 saturated carbocycles. The lowest BCUT2D eigenvalue weighted by Gasteiger charge is -2.10. The molecule has 1 aromatic carbocycles. The minimum atomic E-state index is 0.796. The highest BCUT2D eigenvalue weighted by Gasteiger charge is 2.05. The molecule has 1 heterocycles. The molecule has 21 heavy (non-hydrogen) atoms. The van der Waals surface area contributed by atoms with Gasteiger partial charge < -0.3 is 10.1 Å². The summed E-state index contributed by atoms with van der Waals surface area (Å²) in [5.41, 5.74) is 2.38. The van der Waals surface area contributed by atoms with Crippen LogP contribution in [-0.4, -0.2) is 16.3 Å². The van der Waals surface area contributed by atoms with E-state index in [2.05, 4.69) is 49.4 Å². The monoisotopic (exact) mass is 287 g/mol. The first-order valence-electron chi connectivity index (χ1n) is 7.73. The number of hydrogen-bond acceptors (Lipinski definition) is 3. The van der Waals surface area contributed by atoms with E-state index in [1.165, 1.54) is 5.56 Å². The fourth-order valence-electron chi connectivity index (χ4n) is 2.15. The fourth-order valence-corrected chi connectivity index (χ4v) is 2.15. The maximum atomic E-state index is 5.97. The molecular weight excluding hydrogens is 262 g/mol. The molecule has 0 amide bonds. The van der Waals surface area contributed by atoms with E-state index in [0.717, 1.165) is 49.5 Å². The molecule has 0 fully saturated rings. The highest BCUT2D eigenvalue weighted by molar-refractivity contribution is 5.39. The highest BCUT2D eigenvalue weighted by atomic mass is 16.5. The minimum Gasteiger partial charge on any atom is -0.454 e. The van der Waals surface area contributed by atoms with Gasteiger partial charge in [0, 0.05) is 13.1 Å². The summed E-state index contributed by atoms with van der Waals surface area (Å²) in [6, 6.07) is 6.36. The second kappa shape index (κ2) is 7.84. The van der Waals surface area contributed by atoms with Crippen LogP contribution in [0.3, 0.4) is 0 Å². The molecule has 0 radical (unpaired) electrons. The summed E-state index contributed by atoms with van der Waals surface area (Å²) in [7, 11) is 0. The molecule has 0 aliphatic rings. The molecule has 0 atom stereocenters. The van der Waals surface area contributed by atoms with E-state index in [1.54, 1.807) is 6.20 Å². The van der Waals surface area contributed by atoms with Crippen LogP contribution in [0, 0.1) is 6.92 Å². The first-order valence-corrected chi connectivity index (χ1v) is 7.73. The lowest BCUT2D eigenvalue weighted by molar-refractivity contribution is 0.475. The van der Waals surface area contributed by atoms with Crippen molar-refractivity contribution in [2.24, 2.45) is 0 Å². The van der Waals surface area contributed by atoms with Gasteiger partial charge in [-0.05, 0) is 43.5 Å². The average Bonchev–Trinajstić information content (AvgIpc) is 2.90. The third-order valence-electron chi connectivity index (χ3n) is 3.30. The second-order valence-electron chi connectivity index (χ2n) is 5.32. The zero-order chi connectivity index (χ0) is 15.1. The molecule has 2 aromatic rings. The van der Waals surface area contributed by atoms with E-state index >= 15 is 0 Å². The van der Waals surface area contributed by atoms with Gasteiger partial charge in [0.2, 0.25) is 0 Å². The normalized spacial score (nSPS) is 10.8. The number of aryl methyl sites for hydroxylation is 2. The quantitative estimate of drug-likeness (QED) is 0.749. The van der Waals surface area contributed by atoms with Crippen LogP contribution < -0.4 is 10.1 Å². The molecule has 114 valence electrons. The Bertz CT molecular complexity index is 563. The van der Waals surface area contributed by atoms with Crippen molar-refractivity contribution >= 4 is 0 Å². The Morgan fingerprint density at radius 1 is 1.24 bits per heavy atom. The van der Waals surface area contributed by atoms with Crippen LogP contribution >= 0.6 is 0 Å². The Kier molecular flexibility index (Phi) is 5.81. The third-order valence-corrected chi connectivity index (χ3v) is 3.30. The SMILES string of the molecule is CCCNCc1ccc(C)c(Oc2cnn(CCC)c2)c1. The molecule has 0 aliphatic carbocycles. The number of aromatic nitrogens is 2. The number of rotatable bonds is 8. The summed E-state index contributed by atoms with van der Waals surface area (Å²) in [5, 5.41) is 7.70. The summed E-state index contributed by atoms with van der Waals surface area (Å²) in [5.74, 6) is 1.70. The van der Waals surface area contributed by atoms with Gasteiger partial charge in [0.1, 0.15) is 5.75 Å². The molecule has 0 bridgehead atoms. The van der Waals surface area contributed by atoms with Crippen LogP contribution in [0.1, 0.15) is 37.8 Å². The van der Waals surface area contributed by atoms with Crippen molar-refractivity contribution in [1.82, 2.24) is 15.1 Å². The van der Waals surface area contributed by atoms with Gasteiger partial charge in [-0.15, -0.1) is 0 Å². The van der Waals surface area contributed by atoms with E-state index in [4.69, 9.17) is 4.74 Å². The predicted octanol–water partition coefficient (Wildman–Crippen LogP) is 3.89. The Morgan fingerprint density at radius 3 is 2.86 bits per heavy atom. The Hall–Kier alpha value is -1.81. The maximum absolute atomic E-state index is 5.97. The third kappa shape index (κ3) is 4.60. The van der Waals surface area contributed by atoms with E-state index in [-0.39, 0.29) is 0 Å². The fraction of sp³-hybridized carbons (Fsp3) is 0.471. The summed E-state index contributed by atoms with van der Waals surface area (Å²) in [6.45, 7) is 9.20. The van der Waals surface area contributed by atoms with Crippen LogP contribution in [0.2, 0.25) is 0 Å². The molecule has 4 heteroatoms. The molecule has 0 aliphatic heterocycles. The van der Waals surface area contributed by atoms with Crippen molar-refractivity contribution in [3.8, 4) is 11.5 Å². The number of nitrogens with one attached hydrogen (secondary N) is 1. The lowest BCUT2D eigenvalue weighted by atomic mass is 10.1. The summed E-state index contributed by atoms with van der Waals surface area (Å²) in [6.07, 6.45) is 5.94. The van der Waals surface area contributed by atoms with Gasteiger partial charge in [0.25, 0.3) is 0 Å². The first kappa shape index (κ1) is 15.6. The van der Waals surface area contributed by atoms with Gasteiger partial charge in [-0.2, -0.15) is 5.10 Å². The number of ether oxygens (including phenoxy) is 1. The molecule has 0 saturated heterocycles. The van der Waals surface area contributed by atoms with Crippen molar-refractivity contribution < 1.29 is 4.74 Å². The van der Waals surface area contributed by atoms with E-state index in [1.807, 2.05) is 10.9 Å². The standard InChI is InChI=1S/C17H25N3O/c1-4-8-18-11-15-7-6-14(3)17(10-15)21-16-12-19-20(13-16)9-5-2/h6-7,10,12-13,18H,4-5,8-9,11H2,1-3H3. The van der Waals surface area contributed by atoms with E-state index < -0.39 is 0 Å². The largest absolute Gasteiger partial charge is 0.454 e. The zero-order valence-corrected chi connectivity index (χ0v) is 13.2. The first-order chi connectivity index (χ1) is 10.2. The van der Waals surface area contributed by atoms with Crippen molar-refractivity contribution in [3.05, 3.63) is 41.7 Å². The van der Waals surface area contributed by atoms with E-state index in [0.29, 0.717) is 0 Å². The molecule has 1 aromatic heterocycles. The van der Waals surface area contributed by atoms with Crippen molar-refractivity contribution in [2.75, 3.05) is 6.54 Å². The number of nitrogens with zero attached hydrogens (tertiary/aromatic N) is 2. The van der Waals surface area contributed by atoms with Crippen molar-refractivity contribution in [1.29, 1.82) is 0 Å². The number of hydrogen-bond donors (Lipinski definition) is 1. The molecule has 0 spiro atoms. The molecule has 2 rings (SSSR count). The van der Waals surface area contributed by atoms with Gasteiger partial charge in [-0.3, -0.25) is 4.68 Å². The maximum Gasteiger partial charge on any atom is 0.165 e. The summed E-state index contributed by atoms with van der Waals surface area (Å²) >= 11 is 0. The Labute approximate surface area is 127 Å². The van der Waals surface area contributed by atoms with Crippen LogP contribution in [0.5, 0.6) is 11.5 Å².